The third-order valence-corrected chi connectivity index (χ3v) is 8.10. The number of piperidine rings is 1. The Morgan fingerprint density at radius 3 is 2.74 bits per heavy atom. The average Bonchev–Trinajstić information content (AvgIpc) is 3.62. The predicted molar refractivity (Wildman–Crippen MR) is 151 cm³/mol. The number of hydrogen-bond donors (Lipinski definition) is 1. The van der Waals surface area contributed by atoms with Gasteiger partial charge in [0.15, 0.2) is 5.65 Å². The summed E-state index contributed by atoms with van der Waals surface area (Å²) in [5, 5.41) is 9.44. The first-order valence-corrected chi connectivity index (χ1v) is 14.2. The molecular formula is C28H33F2N7OS. The largest absolute Gasteiger partial charge is 0.351 e. The number of alkyl halides is 2. The van der Waals surface area contributed by atoms with Gasteiger partial charge < -0.3 is 10.2 Å². The quantitative estimate of drug-likeness (QED) is 0.306. The number of pyridine rings is 1. The van der Waals surface area contributed by atoms with Crippen LogP contribution in [0.3, 0.4) is 0 Å². The highest BCUT2D eigenvalue weighted by Gasteiger charge is 2.36. The summed E-state index contributed by atoms with van der Waals surface area (Å²) < 4.78 is 30.3. The summed E-state index contributed by atoms with van der Waals surface area (Å²) >= 11 is 1.59. The summed E-state index contributed by atoms with van der Waals surface area (Å²) in [7, 11) is 0. The van der Waals surface area contributed by atoms with Crippen molar-refractivity contribution >= 4 is 28.7 Å². The van der Waals surface area contributed by atoms with E-state index in [9.17, 15) is 13.6 Å². The van der Waals surface area contributed by atoms with Crippen LogP contribution < -0.4 is 10.2 Å². The van der Waals surface area contributed by atoms with E-state index in [4.69, 9.17) is 9.97 Å². The van der Waals surface area contributed by atoms with Gasteiger partial charge in [-0.25, -0.2) is 23.3 Å². The molecule has 4 aromatic heterocycles. The summed E-state index contributed by atoms with van der Waals surface area (Å²) in [5.74, 6) is -2.73. The monoisotopic (exact) mass is 553 g/mol. The van der Waals surface area contributed by atoms with E-state index in [1.54, 1.807) is 39.1 Å². The molecule has 0 radical (unpaired) electrons. The zero-order valence-electron chi connectivity index (χ0n) is 22.4. The summed E-state index contributed by atoms with van der Waals surface area (Å²) in [5.41, 5.74) is 2.84. The highest BCUT2D eigenvalue weighted by atomic mass is 32.1. The first-order valence-electron chi connectivity index (χ1n) is 13.3. The van der Waals surface area contributed by atoms with Crippen molar-refractivity contribution in [3.05, 3.63) is 53.7 Å². The van der Waals surface area contributed by atoms with Crippen molar-refractivity contribution < 1.29 is 13.6 Å². The minimum atomic E-state index is -2.81. The van der Waals surface area contributed by atoms with E-state index in [-0.39, 0.29) is 18.4 Å². The maximum absolute atomic E-state index is 14.3. The lowest BCUT2D eigenvalue weighted by atomic mass is 10.1. The Kier molecular flexibility index (Phi) is 7.90. The van der Waals surface area contributed by atoms with Crippen molar-refractivity contribution in [3.63, 3.8) is 0 Å². The molecule has 0 unspecified atom stereocenters. The number of aromatic nitrogens is 4. The van der Waals surface area contributed by atoms with Gasteiger partial charge in [-0.05, 0) is 56.1 Å². The van der Waals surface area contributed by atoms with Crippen LogP contribution in [0.5, 0.6) is 0 Å². The Hall–Kier alpha value is -3.44. The number of hydrogen-bond acceptors (Lipinski definition) is 7. The van der Waals surface area contributed by atoms with Crippen LogP contribution in [0.2, 0.25) is 0 Å². The Morgan fingerprint density at radius 1 is 1.21 bits per heavy atom. The number of carbonyl (C=O) groups excluding carboxylic acids is 1. The Balaban J connectivity index is 1.53. The van der Waals surface area contributed by atoms with Crippen LogP contribution in [0.1, 0.15) is 44.0 Å². The lowest BCUT2D eigenvalue weighted by molar-refractivity contribution is -0.0118. The molecule has 1 aliphatic rings. The standard InChI is InChI=1S/C28H33F2N7OS/c1-4-35(5-2)19(3)16-31-27(38)20-14-23(33-25(15-20)36-11-7-10-28(29,30)18-36)21-17-32-37-12-9-22(34-26(21)37)24-8-6-13-39-24/h6,8-9,12-15,17,19H,4-5,7,10-11,16,18H2,1-3H3,(H,31,38)/t19-/m0/s1. The lowest BCUT2D eigenvalue weighted by Gasteiger charge is -2.33. The molecule has 4 aromatic rings. The second kappa shape index (κ2) is 11.4. The number of nitrogens with one attached hydrogen (secondary N) is 1. The van der Waals surface area contributed by atoms with Crippen LogP contribution in [0.25, 0.3) is 27.5 Å². The van der Waals surface area contributed by atoms with Crippen molar-refractivity contribution in [2.24, 2.45) is 0 Å². The minimum absolute atomic E-state index is 0.150. The minimum Gasteiger partial charge on any atom is -0.351 e. The Bertz CT molecular complexity index is 1440. The Morgan fingerprint density at radius 2 is 2.03 bits per heavy atom. The van der Waals surface area contributed by atoms with Gasteiger partial charge in [-0.15, -0.1) is 11.3 Å². The van der Waals surface area contributed by atoms with Crippen molar-refractivity contribution in [1.82, 2.24) is 29.8 Å². The van der Waals surface area contributed by atoms with Crippen molar-refractivity contribution in [2.45, 2.75) is 45.6 Å². The van der Waals surface area contributed by atoms with Gasteiger partial charge in [0.25, 0.3) is 11.8 Å². The Labute approximate surface area is 230 Å². The van der Waals surface area contributed by atoms with E-state index >= 15 is 0 Å². The topological polar surface area (TPSA) is 78.7 Å². The fraction of sp³-hybridized carbons (Fsp3) is 0.429. The average molecular weight is 554 g/mol. The van der Waals surface area contributed by atoms with E-state index < -0.39 is 12.5 Å². The summed E-state index contributed by atoms with van der Waals surface area (Å²) in [6.07, 6.45) is 3.69. The second-order valence-electron chi connectivity index (χ2n) is 9.88. The molecule has 5 rings (SSSR count). The molecule has 1 amide bonds. The van der Waals surface area contributed by atoms with E-state index in [1.165, 1.54) is 0 Å². The molecule has 5 heterocycles. The summed E-state index contributed by atoms with van der Waals surface area (Å²) in [4.78, 5) is 27.8. The van der Waals surface area contributed by atoms with Crippen LogP contribution in [0, 0.1) is 0 Å². The second-order valence-corrected chi connectivity index (χ2v) is 10.8. The highest BCUT2D eigenvalue weighted by molar-refractivity contribution is 7.13. The number of halogens is 2. The fourth-order valence-corrected chi connectivity index (χ4v) is 5.73. The molecule has 0 saturated carbocycles. The van der Waals surface area contributed by atoms with Crippen LogP contribution in [-0.2, 0) is 0 Å². The molecule has 1 aliphatic heterocycles. The van der Waals surface area contributed by atoms with E-state index in [0.29, 0.717) is 47.8 Å². The van der Waals surface area contributed by atoms with E-state index in [2.05, 4.69) is 36.1 Å². The number of thiophene rings is 1. The molecule has 11 heteroatoms. The maximum atomic E-state index is 14.3. The number of likely N-dealkylation sites (N-methyl/N-ethyl adjacent to an activating group) is 1. The van der Waals surface area contributed by atoms with Gasteiger partial charge >= 0.3 is 0 Å². The molecule has 1 atom stereocenters. The SMILES string of the molecule is CCN(CC)[C@@H](C)CNC(=O)c1cc(-c2cnn3ccc(-c4cccs4)nc23)nc(N2CCCC(F)(F)C2)c1. The van der Waals surface area contributed by atoms with Crippen LogP contribution in [-0.4, -0.2) is 75.1 Å². The molecule has 1 saturated heterocycles. The highest BCUT2D eigenvalue weighted by Crippen LogP contribution is 2.32. The van der Waals surface area contributed by atoms with E-state index in [0.717, 1.165) is 23.7 Å². The number of anilines is 1. The smallest absolute Gasteiger partial charge is 0.265 e. The summed E-state index contributed by atoms with van der Waals surface area (Å²) in [6.45, 7) is 8.50. The zero-order valence-corrected chi connectivity index (χ0v) is 23.2. The molecule has 206 valence electrons. The number of carbonyl (C=O) groups is 1. The predicted octanol–water partition coefficient (Wildman–Crippen LogP) is 5.22. The molecular weight excluding hydrogens is 520 g/mol. The van der Waals surface area contributed by atoms with Gasteiger partial charge in [-0.2, -0.15) is 5.10 Å². The molecule has 0 aromatic carbocycles. The lowest BCUT2D eigenvalue weighted by Crippen LogP contribution is -2.43. The molecule has 0 spiro atoms. The first-order chi connectivity index (χ1) is 18.8. The third kappa shape index (κ3) is 5.94. The van der Waals surface area contributed by atoms with Crippen LogP contribution >= 0.6 is 11.3 Å². The van der Waals surface area contributed by atoms with Gasteiger partial charge in [0.05, 0.1) is 34.6 Å². The van der Waals surface area contributed by atoms with Crippen molar-refractivity contribution in [3.8, 4) is 21.8 Å². The van der Waals surface area contributed by atoms with Gasteiger partial charge in [0.1, 0.15) is 5.82 Å². The zero-order chi connectivity index (χ0) is 27.6. The number of rotatable bonds is 9. The number of nitrogens with zero attached hydrogens (tertiary/aromatic N) is 6. The van der Waals surface area contributed by atoms with E-state index in [1.807, 2.05) is 29.8 Å². The van der Waals surface area contributed by atoms with Gasteiger partial charge in [-0.1, -0.05) is 19.9 Å². The molecule has 8 nitrogen and oxygen atoms in total. The fourth-order valence-electron chi connectivity index (χ4n) is 5.04. The van der Waals surface area contributed by atoms with Crippen molar-refractivity contribution in [1.29, 1.82) is 0 Å². The van der Waals surface area contributed by atoms with Gasteiger partial charge in [0, 0.05) is 37.3 Å². The maximum Gasteiger partial charge on any atom is 0.265 e. The van der Waals surface area contributed by atoms with Crippen LogP contribution in [0.4, 0.5) is 14.6 Å². The van der Waals surface area contributed by atoms with Gasteiger partial charge in [-0.3, -0.25) is 9.69 Å². The molecule has 39 heavy (non-hydrogen) atoms. The summed E-state index contributed by atoms with van der Waals surface area (Å²) in [6, 6.07) is 9.32. The van der Waals surface area contributed by atoms with Crippen LogP contribution in [0.15, 0.2) is 48.1 Å². The third-order valence-electron chi connectivity index (χ3n) is 7.20. The first kappa shape index (κ1) is 27.1. The normalized spacial score (nSPS) is 16.1. The number of fused-ring (bicyclic) bond motifs is 1. The number of amides is 1. The molecule has 0 bridgehead atoms. The van der Waals surface area contributed by atoms with Crippen molar-refractivity contribution in [2.75, 3.05) is 37.6 Å². The molecule has 0 aliphatic carbocycles. The molecule has 1 N–H and O–H groups in total. The molecule has 1 fully saturated rings. The van der Waals surface area contributed by atoms with Gasteiger partial charge in [0.2, 0.25) is 0 Å².